The lowest BCUT2D eigenvalue weighted by atomic mass is 10.1. The van der Waals surface area contributed by atoms with E-state index in [1.54, 1.807) is 6.20 Å². The second kappa shape index (κ2) is 5.21. The van der Waals surface area contributed by atoms with Crippen molar-refractivity contribution in [3.05, 3.63) is 66.0 Å². The fraction of sp³-hybridized carbons (Fsp3) is 0.118. The van der Waals surface area contributed by atoms with Crippen LogP contribution in [0.25, 0.3) is 22.8 Å². The highest BCUT2D eigenvalue weighted by Gasteiger charge is 2.07. The summed E-state index contributed by atoms with van der Waals surface area (Å²) in [4.78, 5) is 13.4. The molecule has 3 heteroatoms. The van der Waals surface area contributed by atoms with Crippen molar-refractivity contribution in [2.45, 2.75) is 13.8 Å². The van der Waals surface area contributed by atoms with Crippen LogP contribution in [0.15, 0.2) is 54.7 Å². The van der Waals surface area contributed by atoms with Crippen molar-refractivity contribution in [1.29, 1.82) is 0 Å². The van der Waals surface area contributed by atoms with Crippen molar-refractivity contribution < 1.29 is 0 Å². The topological polar surface area (TPSA) is 38.7 Å². The molecule has 3 nitrogen and oxygen atoms in total. The van der Waals surface area contributed by atoms with Gasteiger partial charge in [0.05, 0.1) is 5.69 Å². The van der Waals surface area contributed by atoms with E-state index in [0.717, 1.165) is 28.2 Å². The molecule has 0 N–H and O–H groups in total. The van der Waals surface area contributed by atoms with E-state index in [4.69, 9.17) is 4.98 Å². The summed E-state index contributed by atoms with van der Waals surface area (Å²) in [6.07, 6.45) is 1.77. The number of pyridine rings is 1. The molecular weight excluding hydrogens is 246 g/mol. The molecule has 0 unspecified atom stereocenters. The van der Waals surface area contributed by atoms with E-state index < -0.39 is 0 Å². The molecule has 3 rings (SSSR count). The van der Waals surface area contributed by atoms with Crippen molar-refractivity contribution in [2.75, 3.05) is 0 Å². The molecule has 0 aliphatic rings. The molecule has 0 spiro atoms. The van der Waals surface area contributed by atoms with E-state index in [2.05, 4.69) is 35.1 Å². The Morgan fingerprint density at radius 2 is 1.55 bits per heavy atom. The monoisotopic (exact) mass is 261 g/mol. The number of aryl methyl sites for hydroxylation is 2. The Morgan fingerprint density at radius 1 is 0.800 bits per heavy atom. The highest BCUT2D eigenvalue weighted by atomic mass is 14.9. The van der Waals surface area contributed by atoms with E-state index in [1.807, 2.05) is 37.3 Å². The Kier molecular flexibility index (Phi) is 3.25. The maximum absolute atomic E-state index is 4.69. The second-order valence-corrected chi connectivity index (χ2v) is 4.80. The molecule has 0 bridgehead atoms. The van der Waals surface area contributed by atoms with Gasteiger partial charge in [0, 0.05) is 17.5 Å². The lowest BCUT2D eigenvalue weighted by Crippen LogP contribution is -1.95. The quantitative estimate of drug-likeness (QED) is 0.704. The van der Waals surface area contributed by atoms with Gasteiger partial charge in [0.15, 0.2) is 5.82 Å². The van der Waals surface area contributed by atoms with Crippen LogP contribution >= 0.6 is 0 Å². The molecule has 1 aromatic carbocycles. The molecular formula is C17H15N3. The Labute approximate surface area is 118 Å². The molecule has 0 amide bonds. The first-order valence-corrected chi connectivity index (χ1v) is 6.56. The zero-order valence-corrected chi connectivity index (χ0v) is 11.5. The maximum atomic E-state index is 4.69. The van der Waals surface area contributed by atoms with Gasteiger partial charge in [0.25, 0.3) is 0 Å². The Balaban J connectivity index is 2.12. The Morgan fingerprint density at radius 3 is 2.30 bits per heavy atom. The van der Waals surface area contributed by atoms with Crippen LogP contribution in [0, 0.1) is 13.8 Å². The third-order valence-electron chi connectivity index (χ3n) is 3.06. The van der Waals surface area contributed by atoms with E-state index >= 15 is 0 Å². The Bertz CT molecular complexity index is 736. The molecule has 3 aromatic rings. The molecule has 98 valence electrons. The summed E-state index contributed by atoms with van der Waals surface area (Å²) in [5, 5.41) is 0. The maximum Gasteiger partial charge on any atom is 0.178 e. The molecule has 0 aliphatic carbocycles. The summed E-state index contributed by atoms with van der Waals surface area (Å²) >= 11 is 0. The minimum Gasteiger partial charge on any atom is -0.244 e. The Hall–Kier alpha value is -2.55. The lowest BCUT2D eigenvalue weighted by molar-refractivity contribution is 1.09. The van der Waals surface area contributed by atoms with Gasteiger partial charge in [-0.25, -0.2) is 15.0 Å². The number of hydrogen-bond acceptors (Lipinski definition) is 3. The van der Waals surface area contributed by atoms with Crippen LogP contribution in [0.5, 0.6) is 0 Å². The first kappa shape index (κ1) is 12.5. The van der Waals surface area contributed by atoms with Crippen LogP contribution in [0.2, 0.25) is 0 Å². The van der Waals surface area contributed by atoms with E-state index in [9.17, 15) is 0 Å². The average molecular weight is 261 g/mol. The molecule has 2 aromatic heterocycles. The number of aromatic nitrogens is 3. The van der Waals surface area contributed by atoms with Crippen molar-refractivity contribution in [2.24, 2.45) is 0 Å². The fourth-order valence-electron chi connectivity index (χ4n) is 2.11. The summed E-state index contributed by atoms with van der Waals surface area (Å²) in [7, 11) is 0. The predicted molar refractivity (Wildman–Crippen MR) is 80.2 cm³/mol. The van der Waals surface area contributed by atoms with Gasteiger partial charge in [-0.3, -0.25) is 0 Å². The van der Waals surface area contributed by atoms with Gasteiger partial charge in [-0.2, -0.15) is 0 Å². The third-order valence-corrected chi connectivity index (χ3v) is 3.06. The molecule has 2 heterocycles. The molecule has 0 atom stereocenters. The fourth-order valence-corrected chi connectivity index (χ4v) is 2.11. The molecule has 0 fully saturated rings. The zero-order chi connectivity index (χ0) is 13.9. The average Bonchev–Trinajstić information content (AvgIpc) is 2.47. The van der Waals surface area contributed by atoms with Crippen LogP contribution in [0.4, 0.5) is 0 Å². The van der Waals surface area contributed by atoms with Crippen molar-refractivity contribution in [3.63, 3.8) is 0 Å². The number of nitrogens with zero attached hydrogens (tertiary/aromatic N) is 3. The van der Waals surface area contributed by atoms with E-state index in [0.29, 0.717) is 5.82 Å². The van der Waals surface area contributed by atoms with Gasteiger partial charge in [0.1, 0.15) is 5.69 Å². The summed E-state index contributed by atoms with van der Waals surface area (Å²) in [6, 6.07) is 16.1. The minimum atomic E-state index is 0.672. The van der Waals surface area contributed by atoms with Crippen LogP contribution < -0.4 is 0 Å². The van der Waals surface area contributed by atoms with Gasteiger partial charge in [-0.1, -0.05) is 30.3 Å². The lowest BCUT2D eigenvalue weighted by Gasteiger charge is -2.06. The van der Waals surface area contributed by atoms with Crippen LogP contribution in [0.3, 0.4) is 0 Å². The van der Waals surface area contributed by atoms with Gasteiger partial charge in [-0.15, -0.1) is 0 Å². The van der Waals surface area contributed by atoms with Crippen LogP contribution in [-0.2, 0) is 0 Å². The molecule has 0 aliphatic heterocycles. The smallest absolute Gasteiger partial charge is 0.178 e. The standard InChI is InChI=1S/C17H15N3/c1-12-10-15(14-6-4-3-5-7-14)20-16(11-12)17-18-9-8-13(2)19-17/h3-11H,1-2H3. The number of rotatable bonds is 2. The number of hydrogen-bond donors (Lipinski definition) is 0. The first-order valence-electron chi connectivity index (χ1n) is 6.56. The van der Waals surface area contributed by atoms with Crippen LogP contribution in [-0.4, -0.2) is 15.0 Å². The highest BCUT2D eigenvalue weighted by Crippen LogP contribution is 2.22. The summed E-state index contributed by atoms with van der Waals surface area (Å²) in [5.74, 6) is 0.672. The highest BCUT2D eigenvalue weighted by molar-refractivity contribution is 5.64. The second-order valence-electron chi connectivity index (χ2n) is 4.80. The summed E-state index contributed by atoms with van der Waals surface area (Å²) in [6.45, 7) is 4.02. The van der Waals surface area contributed by atoms with Crippen molar-refractivity contribution >= 4 is 0 Å². The summed E-state index contributed by atoms with van der Waals surface area (Å²) in [5.41, 5.74) is 4.96. The van der Waals surface area contributed by atoms with Gasteiger partial charge >= 0.3 is 0 Å². The number of benzene rings is 1. The molecule has 0 radical (unpaired) electrons. The van der Waals surface area contributed by atoms with Gasteiger partial charge < -0.3 is 0 Å². The van der Waals surface area contributed by atoms with Crippen molar-refractivity contribution in [3.8, 4) is 22.8 Å². The molecule has 0 saturated carbocycles. The first-order chi connectivity index (χ1) is 9.72. The zero-order valence-electron chi connectivity index (χ0n) is 11.5. The van der Waals surface area contributed by atoms with Crippen LogP contribution in [0.1, 0.15) is 11.3 Å². The minimum absolute atomic E-state index is 0.672. The van der Waals surface area contributed by atoms with Crippen molar-refractivity contribution in [1.82, 2.24) is 15.0 Å². The SMILES string of the molecule is Cc1cc(-c2ccccc2)nc(-c2nccc(C)n2)c1. The largest absolute Gasteiger partial charge is 0.244 e. The molecule has 20 heavy (non-hydrogen) atoms. The normalized spacial score (nSPS) is 10.5. The molecule has 0 saturated heterocycles. The van der Waals surface area contributed by atoms with Gasteiger partial charge in [-0.05, 0) is 37.6 Å². The van der Waals surface area contributed by atoms with Gasteiger partial charge in [0.2, 0.25) is 0 Å². The van der Waals surface area contributed by atoms with E-state index in [-0.39, 0.29) is 0 Å². The third kappa shape index (κ3) is 2.57. The predicted octanol–water partition coefficient (Wildman–Crippen LogP) is 3.82. The summed E-state index contributed by atoms with van der Waals surface area (Å²) < 4.78 is 0. The van der Waals surface area contributed by atoms with E-state index in [1.165, 1.54) is 0 Å².